The average molecular weight is 368 g/mol. The predicted octanol–water partition coefficient (Wildman–Crippen LogP) is 5.38. The number of aromatic nitrogens is 3. The third-order valence-corrected chi connectivity index (χ3v) is 7.37. The van der Waals surface area contributed by atoms with Gasteiger partial charge < -0.3 is 0 Å². The molecule has 0 bridgehead atoms. The second-order valence-corrected chi connectivity index (χ2v) is 9.39. The van der Waals surface area contributed by atoms with Crippen LogP contribution >= 0.6 is 23.1 Å². The molecular weight excluding hydrogens is 346 g/mol. The van der Waals surface area contributed by atoms with Crippen molar-refractivity contribution in [3.8, 4) is 0 Å². The minimum absolute atomic E-state index is 0.597. The molecular formula is C20H21N3S2. The fourth-order valence-electron chi connectivity index (χ4n) is 3.59. The summed E-state index contributed by atoms with van der Waals surface area (Å²) in [5.74, 6) is 3.39. The first kappa shape index (κ1) is 15.8. The van der Waals surface area contributed by atoms with Crippen LogP contribution in [0.15, 0.2) is 29.6 Å². The summed E-state index contributed by atoms with van der Waals surface area (Å²) in [6.07, 6.45) is 9.97. The van der Waals surface area contributed by atoms with E-state index < -0.39 is 0 Å². The van der Waals surface area contributed by atoms with Gasteiger partial charge in [-0.2, -0.15) is 0 Å². The molecule has 0 aliphatic heterocycles. The predicted molar refractivity (Wildman–Crippen MR) is 104 cm³/mol. The molecule has 3 heterocycles. The lowest BCUT2D eigenvalue weighted by molar-refractivity contribution is 0.509. The van der Waals surface area contributed by atoms with Crippen molar-refractivity contribution in [3.63, 3.8) is 0 Å². The van der Waals surface area contributed by atoms with Crippen LogP contribution in [0.3, 0.4) is 0 Å². The van der Waals surface area contributed by atoms with E-state index in [2.05, 4.69) is 18.0 Å². The van der Waals surface area contributed by atoms with Gasteiger partial charge in [0.1, 0.15) is 15.7 Å². The molecule has 2 aliphatic carbocycles. The molecule has 1 saturated carbocycles. The van der Waals surface area contributed by atoms with Crippen LogP contribution in [0, 0.1) is 5.92 Å². The second-order valence-electron chi connectivity index (χ2n) is 7.34. The van der Waals surface area contributed by atoms with Gasteiger partial charge in [-0.3, -0.25) is 4.98 Å². The number of hydrogen-bond donors (Lipinski definition) is 0. The molecule has 1 fully saturated rings. The van der Waals surface area contributed by atoms with Crippen molar-refractivity contribution in [2.45, 2.75) is 55.7 Å². The Labute approximate surface area is 156 Å². The zero-order chi connectivity index (χ0) is 16.8. The van der Waals surface area contributed by atoms with Crippen molar-refractivity contribution in [1.29, 1.82) is 0 Å². The van der Waals surface area contributed by atoms with Crippen molar-refractivity contribution < 1.29 is 0 Å². The van der Waals surface area contributed by atoms with Gasteiger partial charge in [0.15, 0.2) is 0 Å². The summed E-state index contributed by atoms with van der Waals surface area (Å²) in [5, 5.41) is 2.55. The van der Waals surface area contributed by atoms with Crippen molar-refractivity contribution >= 4 is 33.3 Å². The Morgan fingerprint density at radius 1 is 1.24 bits per heavy atom. The van der Waals surface area contributed by atoms with E-state index in [-0.39, 0.29) is 0 Å². The van der Waals surface area contributed by atoms with E-state index in [0.717, 1.165) is 17.5 Å². The lowest BCUT2D eigenvalue weighted by atomic mass is 9.89. The Balaban J connectivity index is 1.57. The van der Waals surface area contributed by atoms with Gasteiger partial charge in [-0.05, 0) is 55.2 Å². The SMILES string of the molecule is C[C@@H]1CCc2c(sc3nc(C4CC4)nc(SCc4cccnc4)c23)C1. The number of fused-ring (bicyclic) bond motifs is 3. The highest BCUT2D eigenvalue weighted by atomic mass is 32.2. The molecule has 128 valence electrons. The second kappa shape index (κ2) is 6.36. The van der Waals surface area contributed by atoms with Gasteiger partial charge in [-0.1, -0.05) is 13.0 Å². The maximum atomic E-state index is 5.02. The van der Waals surface area contributed by atoms with Gasteiger partial charge in [0, 0.05) is 34.3 Å². The molecule has 3 nitrogen and oxygen atoms in total. The highest BCUT2D eigenvalue weighted by molar-refractivity contribution is 7.98. The van der Waals surface area contributed by atoms with E-state index in [4.69, 9.17) is 9.97 Å². The van der Waals surface area contributed by atoms with Gasteiger partial charge in [0.2, 0.25) is 0 Å². The molecule has 25 heavy (non-hydrogen) atoms. The Morgan fingerprint density at radius 3 is 2.96 bits per heavy atom. The Bertz CT molecular complexity index is 916. The van der Waals surface area contributed by atoms with Crippen LogP contribution in [0.25, 0.3) is 10.2 Å². The molecule has 0 radical (unpaired) electrons. The summed E-state index contributed by atoms with van der Waals surface area (Å²) in [6, 6.07) is 4.15. The number of hydrogen-bond acceptors (Lipinski definition) is 5. The summed E-state index contributed by atoms with van der Waals surface area (Å²) in [7, 11) is 0. The Kier molecular flexibility index (Phi) is 4.01. The summed E-state index contributed by atoms with van der Waals surface area (Å²) in [4.78, 5) is 17.0. The molecule has 1 atom stereocenters. The van der Waals surface area contributed by atoms with Crippen LogP contribution in [-0.4, -0.2) is 15.0 Å². The van der Waals surface area contributed by atoms with Crippen LogP contribution in [0.2, 0.25) is 0 Å². The van der Waals surface area contributed by atoms with E-state index in [9.17, 15) is 0 Å². The molecule has 0 saturated heterocycles. The minimum Gasteiger partial charge on any atom is -0.264 e. The number of thiophene rings is 1. The van der Waals surface area contributed by atoms with E-state index in [0.29, 0.717) is 5.92 Å². The van der Waals surface area contributed by atoms with Crippen molar-refractivity contribution in [2.24, 2.45) is 5.92 Å². The smallest absolute Gasteiger partial charge is 0.134 e. The molecule has 0 unspecified atom stereocenters. The Hall–Kier alpha value is -1.46. The number of aryl methyl sites for hydroxylation is 1. The summed E-state index contributed by atoms with van der Waals surface area (Å²) >= 11 is 3.78. The third-order valence-electron chi connectivity index (χ3n) is 5.18. The molecule has 0 N–H and O–H groups in total. The average Bonchev–Trinajstić information content (AvgIpc) is 3.41. The molecule has 5 heteroatoms. The van der Waals surface area contributed by atoms with E-state index in [1.807, 2.05) is 41.6 Å². The molecule has 3 aromatic rings. The Morgan fingerprint density at radius 2 is 2.16 bits per heavy atom. The van der Waals surface area contributed by atoms with Crippen LogP contribution < -0.4 is 0 Å². The minimum atomic E-state index is 0.597. The van der Waals surface area contributed by atoms with Crippen LogP contribution in [0.1, 0.15) is 53.9 Å². The molecule has 3 aromatic heterocycles. The van der Waals surface area contributed by atoms with Crippen molar-refractivity contribution in [1.82, 2.24) is 15.0 Å². The topological polar surface area (TPSA) is 38.7 Å². The molecule has 5 rings (SSSR count). The maximum Gasteiger partial charge on any atom is 0.134 e. The number of thioether (sulfide) groups is 1. The molecule has 0 amide bonds. The highest BCUT2D eigenvalue weighted by Gasteiger charge is 2.30. The summed E-state index contributed by atoms with van der Waals surface area (Å²) in [5.41, 5.74) is 2.79. The van der Waals surface area contributed by atoms with Gasteiger partial charge in [0.05, 0.1) is 0 Å². The van der Waals surface area contributed by atoms with E-state index in [1.54, 1.807) is 4.88 Å². The van der Waals surface area contributed by atoms with Gasteiger partial charge >= 0.3 is 0 Å². The van der Waals surface area contributed by atoms with Crippen LogP contribution in [-0.2, 0) is 18.6 Å². The standard InChI is InChI=1S/C20H21N3S2/c1-12-4-7-15-16(9-12)25-20-17(15)19(22-18(23-20)14-5-6-14)24-11-13-3-2-8-21-10-13/h2-3,8,10,12,14H,4-7,9,11H2,1H3/t12-/m1/s1. The monoisotopic (exact) mass is 367 g/mol. The van der Waals surface area contributed by atoms with E-state index >= 15 is 0 Å². The quantitative estimate of drug-likeness (QED) is 0.458. The largest absolute Gasteiger partial charge is 0.264 e. The third kappa shape index (κ3) is 3.08. The van der Waals surface area contributed by atoms with Gasteiger partial charge in [0.25, 0.3) is 0 Å². The lowest BCUT2D eigenvalue weighted by Gasteiger charge is -2.18. The summed E-state index contributed by atoms with van der Waals surface area (Å²) in [6.45, 7) is 2.37. The van der Waals surface area contributed by atoms with Crippen LogP contribution in [0.5, 0.6) is 0 Å². The first-order valence-corrected chi connectivity index (χ1v) is 10.9. The zero-order valence-electron chi connectivity index (χ0n) is 14.4. The fourth-order valence-corrected chi connectivity index (χ4v) is 6.04. The summed E-state index contributed by atoms with van der Waals surface area (Å²) < 4.78 is 0. The molecule has 0 aromatic carbocycles. The van der Waals surface area contributed by atoms with Gasteiger partial charge in [-0.25, -0.2) is 9.97 Å². The van der Waals surface area contributed by atoms with Crippen LogP contribution in [0.4, 0.5) is 0 Å². The first-order chi connectivity index (χ1) is 12.3. The first-order valence-electron chi connectivity index (χ1n) is 9.12. The highest BCUT2D eigenvalue weighted by Crippen LogP contribution is 2.44. The molecule has 0 spiro atoms. The lowest BCUT2D eigenvalue weighted by Crippen LogP contribution is -2.08. The van der Waals surface area contributed by atoms with E-state index in [1.165, 1.54) is 58.5 Å². The van der Waals surface area contributed by atoms with Gasteiger partial charge in [-0.15, -0.1) is 23.1 Å². The normalized spacial score (nSPS) is 20.0. The number of pyridine rings is 1. The zero-order valence-corrected chi connectivity index (χ0v) is 16.0. The number of nitrogens with zero attached hydrogens (tertiary/aromatic N) is 3. The molecule has 2 aliphatic rings. The van der Waals surface area contributed by atoms with Crippen molar-refractivity contribution in [3.05, 3.63) is 46.4 Å². The fraction of sp³-hybridized carbons (Fsp3) is 0.450. The number of rotatable bonds is 4. The maximum absolute atomic E-state index is 5.02. The van der Waals surface area contributed by atoms with Crippen molar-refractivity contribution in [2.75, 3.05) is 0 Å².